The number of hydrogen-bond donors (Lipinski definition) is 2. The van der Waals surface area contributed by atoms with Crippen molar-refractivity contribution >= 4 is 23.2 Å². The quantitative estimate of drug-likeness (QED) is 0.711. The molecule has 6 heteroatoms. The van der Waals surface area contributed by atoms with Crippen molar-refractivity contribution in [3.63, 3.8) is 0 Å². The lowest BCUT2D eigenvalue weighted by atomic mass is 9.85. The first-order valence-corrected chi connectivity index (χ1v) is 9.74. The Balaban J connectivity index is 1.58. The van der Waals surface area contributed by atoms with Crippen LogP contribution in [0.4, 0.5) is 11.5 Å². The Morgan fingerprint density at radius 1 is 1.03 bits per heavy atom. The Morgan fingerprint density at radius 3 is 2.52 bits per heavy atom. The van der Waals surface area contributed by atoms with Gasteiger partial charge in [0.1, 0.15) is 17.4 Å². The van der Waals surface area contributed by atoms with Gasteiger partial charge in [0.05, 0.1) is 6.20 Å². The minimum Gasteiger partial charge on any atom is -0.343 e. The second kappa shape index (κ2) is 7.05. The number of amides is 1. The number of Topliss-reactive ketones (excluding diaryl/α,β-unsaturated/α-hetero) is 1. The fourth-order valence-corrected chi connectivity index (χ4v) is 4.09. The smallest absolute Gasteiger partial charge is 0.261 e. The molecule has 0 bridgehead atoms. The van der Waals surface area contributed by atoms with Crippen molar-refractivity contribution in [3.8, 4) is 0 Å². The Labute approximate surface area is 168 Å². The van der Waals surface area contributed by atoms with E-state index < -0.39 is 0 Å². The molecule has 2 aromatic carbocycles. The van der Waals surface area contributed by atoms with Crippen molar-refractivity contribution in [1.29, 1.82) is 0 Å². The lowest BCUT2D eigenvalue weighted by Crippen LogP contribution is -2.32. The average Bonchev–Trinajstić information content (AvgIpc) is 3.17. The molecule has 144 valence electrons. The Kier molecular flexibility index (Phi) is 4.24. The molecule has 2 aliphatic rings. The van der Waals surface area contributed by atoms with Crippen LogP contribution in [0.5, 0.6) is 0 Å². The molecule has 2 N–H and O–H groups in total. The monoisotopic (exact) mass is 384 g/mol. The zero-order chi connectivity index (χ0) is 19.8. The van der Waals surface area contributed by atoms with Gasteiger partial charge in [-0.2, -0.15) is 5.10 Å². The maximum absolute atomic E-state index is 12.9. The molecule has 29 heavy (non-hydrogen) atoms. The van der Waals surface area contributed by atoms with Crippen molar-refractivity contribution in [2.75, 3.05) is 10.6 Å². The number of para-hydroxylation sites is 1. The number of anilines is 2. The largest absolute Gasteiger partial charge is 0.343 e. The molecule has 1 aromatic heterocycles. The number of allylic oxidation sites excluding steroid dienone is 2. The van der Waals surface area contributed by atoms with Gasteiger partial charge in [-0.15, -0.1) is 0 Å². The Morgan fingerprint density at radius 2 is 1.76 bits per heavy atom. The topological polar surface area (TPSA) is 76.0 Å². The normalized spacial score (nSPS) is 17.9. The van der Waals surface area contributed by atoms with E-state index in [0.29, 0.717) is 17.8 Å². The number of hydrogen-bond acceptors (Lipinski definition) is 4. The van der Waals surface area contributed by atoms with Gasteiger partial charge < -0.3 is 10.6 Å². The van der Waals surface area contributed by atoms with Crippen molar-refractivity contribution in [2.24, 2.45) is 0 Å². The highest BCUT2D eigenvalue weighted by molar-refractivity contribution is 6.08. The molecule has 0 radical (unpaired) electrons. The molecular formula is C23H20N4O2. The molecule has 3 aromatic rings. The molecule has 1 atom stereocenters. The Hall–Kier alpha value is -3.67. The Bertz CT molecular complexity index is 1120. The van der Waals surface area contributed by atoms with Gasteiger partial charge in [-0.25, -0.2) is 4.68 Å². The first kappa shape index (κ1) is 17.4. The maximum Gasteiger partial charge on any atom is 0.261 e. The zero-order valence-electron chi connectivity index (χ0n) is 15.8. The van der Waals surface area contributed by atoms with Gasteiger partial charge in [0.15, 0.2) is 5.78 Å². The highest BCUT2D eigenvalue weighted by Crippen LogP contribution is 2.41. The van der Waals surface area contributed by atoms with E-state index >= 15 is 0 Å². The van der Waals surface area contributed by atoms with Crippen LogP contribution in [0.15, 0.2) is 78.1 Å². The van der Waals surface area contributed by atoms with E-state index in [9.17, 15) is 9.59 Å². The van der Waals surface area contributed by atoms with Crippen molar-refractivity contribution in [3.05, 3.63) is 89.3 Å². The summed E-state index contributed by atoms with van der Waals surface area (Å²) in [6.07, 6.45) is 3.71. The van der Waals surface area contributed by atoms with Crippen LogP contribution in [-0.2, 0) is 4.79 Å². The zero-order valence-corrected chi connectivity index (χ0v) is 15.8. The van der Waals surface area contributed by atoms with Crippen molar-refractivity contribution < 1.29 is 9.59 Å². The van der Waals surface area contributed by atoms with Gasteiger partial charge in [-0.1, -0.05) is 48.5 Å². The summed E-state index contributed by atoms with van der Waals surface area (Å²) < 4.78 is 1.76. The standard InChI is InChI=1S/C23H20N4O2/c28-19-13-7-12-18-20(19)21(15-8-3-1-4-9-15)27-22(26-18)17(14-24-27)23(29)25-16-10-5-2-6-11-16/h1-6,8-11,14,21,26H,7,12-13H2,(H,25,29). The highest BCUT2D eigenvalue weighted by Gasteiger charge is 2.37. The average molecular weight is 384 g/mol. The summed E-state index contributed by atoms with van der Waals surface area (Å²) in [5.74, 6) is 0.535. The third-order valence-electron chi connectivity index (χ3n) is 5.43. The van der Waals surface area contributed by atoms with E-state index in [4.69, 9.17) is 0 Å². The summed E-state index contributed by atoms with van der Waals surface area (Å²) in [5, 5.41) is 10.8. The van der Waals surface area contributed by atoms with Gasteiger partial charge in [0, 0.05) is 23.4 Å². The fraction of sp³-hybridized carbons (Fsp3) is 0.174. The minimum absolute atomic E-state index is 0.143. The molecule has 1 amide bonds. The van der Waals surface area contributed by atoms with E-state index in [-0.39, 0.29) is 17.7 Å². The lowest BCUT2D eigenvalue weighted by molar-refractivity contribution is -0.116. The van der Waals surface area contributed by atoms with Crippen molar-refractivity contribution in [1.82, 2.24) is 9.78 Å². The summed E-state index contributed by atoms with van der Waals surface area (Å²) in [5.41, 5.74) is 3.82. The van der Waals surface area contributed by atoms with E-state index in [1.807, 2.05) is 60.7 Å². The molecule has 1 unspecified atom stereocenters. The van der Waals surface area contributed by atoms with Crippen LogP contribution in [0.3, 0.4) is 0 Å². The van der Waals surface area contributed by atoms with Crippen LogP contribution in [0.25, 0.3) is 0 Å². The number of benzene rings is 2. The second-order valence-electron chi connectivity index (χ2n) is 7.28. The minimum atomic E-state index is -0.325. The van der Waals surface area contributed by atoms with Crippen LogP contribution in [0, 0.1) is 0 Å². The van der Waals surface area contributed by atoms with Gasteiger partial charge in [0.25, 0.3) is 5.91 Å². The molecule has 0 saturated heterocycles. The lowest BCUT2D eigenvalue weighted by Gasteiger charge is -2.33. The maximum atomic E-state index is 12.9. The number of carbonyl (C=O) groups is 2. The number of aromatic nitrogens is 2. The third-order valence-corrected chi connectivity index (χ3v) is 5.43. The summed E-state index contributed by atoms with van der Waals surface area (Å²) in [4.78, 5) is 25.7. The number of rotatable bonds is 3. The summed E-state index contributed by atoms with van der Waals surface area (Å²) in [7, 11) is 0. The van der Waals surface area contributed by atoms with Crippen LogP contribution in [0.1, 0.15) is 41.2 Å². The summed E-state index contributed by atoms with van der Waals surface area (Å²) in [6.45, 7) is 0. The van der Waals surface area contributed by atoms with E-state index in [1.54, 1.807) is 10.9 Å². The molecule has 0 fully saturated rings. The number of nitrogens with one attached hydrogen (secondary N) is 2. The molecular weight excluding hydrogens is 364 g/mol. The predicted molar refractivity (Wildman–Crippen MR) is 111 cm³/mol. The number of nitrogens with zero attached hydrogens (tertiary/aromatic N) is 2. The molecule has 6 nitrogen and oxygen atoms in total. The van der Waals surface area contributed by atoms with Crippen LogP contribution in [-0.4, -0.2) is 21.5 Å². The molecule has 0 saturated carbocycles. The predicted octanol–water partition coefficient (Wildman–Crippen LogP) is 4.16. The van der Waals surface area contributed by atoms with E-state index in [1.165, 1.54) is 0 Å². The van der Waals surface area contributed by atoms with Gasteiger partial charge >= 0.3 is 0 Å². The van der Waals surface area contributed by atoms with E-state index in [0.717, 1.165) is 35.4 Å². The number of carbonyl (C=O) groups excluding carboxylic acids is 2. The van der Waals surface area contributed by atoms with Crippen LogP contribution < -0.4 is 10.6 Å². The third kappa shape index (κ3) is 3.02. The first-order valence-electron chi connectivity index (χ1n) is 9.74. The van der Waals surface area contributed by atoms with Crippen LogP contribution in [0.2, 0.25) is 0 Å². The molecule has 2 heterocycles. The summed E-state index contributed by atoms with van der Waals surface area (Å²) in [6, 6.07) is 18.9. The summed E-state index contributed by atoms with van der Waals surface area (Å²) >= 11 is 0. The second-order valence-corrected chi connectivity index (χ2v) is 7.28. The van der Waals surface area contributed by atoms with Gasteiger partial charge in [0.2, 0.25) is 0 Å². The molecule has 1 aliphatic carbocycles. The number of ketones is 1. The van der Waals surface area contributed by atoms with Gasteiger partial charge in [-0.3, -0.25) is 9.59 Å². The SMILES string of the molecule is O=C1CCCC2=C1C(c1ccccc1)n1ncc(C(=O)Nc3ccccc3)c1N2. The van der Waals surface area contributed by atoms with Crippen molar-refractivity contribution in [2.45, 2.75) is 25.3 Å². The molecule has 0 spiro atoms. The number of fused-ring (bicyclic) bond motifs is 1. The molecule has 1 aliphatic heterocycles. The highest BCUT2D eigenvalue weighted by atomic mass is 16.1. The van der Waals surface area contributed by atoms with Crippen LogP contribution >= 0.6 is 0 Å². The van der Waals surface area contributed by atoms with E-state index in [2.05, 4.69) is 15.7 Å². The fourth-order valence-electron chi connectivity index (χ4n) is 4.09. The van der Waals surface area contributed by atoms with Gasteiger partial charge in [-0.05, 0) is 30.5 Å². The first-order chi connectivity index (χ1) is 14.2. The molecule has 5 rings (SSSR count).